The summed E-state index contributed by atoms with van der Waals surface area (Å²) in [6.07, 6.45) is 2.56. The van der Waals surface area contributed by atoms with Gasteiger partial charge in [-0.1, -0.05) is 15.9 Å². The largest absolute Gasteiger partial charge is 0.353 e. The number of carbonyl (C=O) groups is 1. The fraction of sp³-hybridized carbons (Fsp3) is 0.600. The third kappa shape index (κ3) is 1.78. The number of nitrogens with zero attached hydrogens (tertiary/aromatic N) is 2. The van der Waals surface area contributed by atoms with E-state index in [4.69, 9.17) is 0 Å². The van der Waals surface area contributed by atoms with Crippen LogP contribution in [0, 0.1) is 0 Å². The first-order chi connectivity index (χ1) is 4.33. The molecule has 0 saturated heterocycles. The van der Waals surface area contributed by atoms with E-state index in [1.165, 1.54) is 0 Å². The first-order valence-corrected chi connectivity index (χ1v) is 3.59. The van der Waals surface area contributed by atoms with E-state index in [-0.39, 0.29) is 4.95 Å². The molecule has 50 valence electrons. The molecule has 0 saturated carbocycles. The van der Waals surface area contributed by atoms with Gasteiger partial charge in [-0.05, 0) is 0 Å². The topological polar surface area (TPSA) is 32.7 Å². The van der Waals surface area contributed by atoms with E-state index < -0.39 is 0 Å². The summed E-state index contributed by atoms with van der Waals surface area (Å²) in [5.41, 5.74) is 0. The van der Waals surface area contributed by atoms with Crippen LogP contribution in [-0.4, -0.2) is 35.6 Å². The molecule has 0 radical (unpaired) electrons. The summed E-state index contributed by atoms with van der Waals surface area (Å²) in [5.74, 6) is 0. The smallest absolute Gasteiger partial charge is 0.139 e. The molecular formula is C5H7BrN2O. The number of alkyl halides is 1. The van der Waals surface area contributed by atoms with Crippen LogP contribution >= 0.6 is 15.9 Å². The van der Waals surface area contributed by atoms with Gasteiger partial charge in [-0.3, -0.25) is 4.99 Å². The highest BCUT2D eigenvalue weighted by molar-refractivity contribution is 9.09. The second-order valence-electron chi connectivity index (χ2n) is 1.82. The standard InChI is InChI=1S/C5H7BrN2O/c6-5-3-8(1-2-9)4-7-5/h2,4-5H,1,3H2. The van der Waals surface area contributed by atoms with Gasteiger partial charge in [-0.2, -0.15) is 0 Å². The van der Waals surface area contributed by atoms with Crippen LogP contribution in [0.25, 0.3) is 0 Å². The number of rotatable bonds is 2. The molecule has 0 spiro atoms. The van der Waals surface area contributed by atoms with E-state index in [0.717, 1.165) is 12.8 Å². The van der Waals surface area contributed by atoms with Crippen LogP contribution in [0.2, 0.25) is 0 Å². The monoisotopic (exact) mass is 190 g/mol. The zero-order chi connectivity index (χ0) is 6.69. The quantitative estimate of drug-likeness (QED) is 0.356. The minimum Gasteiger partial charge on any atom is -0.353 e. The summed E-state index contributed by atoms with van der Waals surface area (Å²) in [7, 11) is 0. The highest BCUT2D eigenvalue weighted by Crippen LogP contribution is 2.07. The van der Waals surface area contributed by atoms with Crippen molar-refractivity contribution < 1.29 is 4.79 Å². The molecule has 1 aliphatic rings. The van der Waals surface area contributed by atoms with Gasteiger partial charge in [0, 0.05) is 0 Å². The second-order valence-corrected chi connectivity index (χ2v) is 2.88. The van der Waals surface area contributed by atoms with Crippen molar-refractivity contribution in [3.63, 3.8) is 0 Å². The van der Waals surface area contributed by atoms with Crippen LogP contribution in [0.3, 0.4) is 0 Å². The van der Waals surface area contributed by atoms with Gasteiger partial charge in [0.25, 0.3) is 0 Å². The summed E-state index contributed by atoms with van der Waals surface area (Å²) in [6, 6.07) is 0. The van der Waals surface area contributed by atoms with Crippen molar-refractivity contribution in [2.75, 3.05) is 13.1 Å². The van der Waals surface area contributed by atoms with Crippen molar-refractivity contribution in [1.82, 2.24) is 4.90 Å². The third-order valence-corrected chi connectivity index (χ3v) is 1.61. The highest BCUT2D eigenvalue weighted by Gasteiger charge is 2.11. The Hall–Kier alpha value is -0.380. The average Bonchev–Trinajstić information content (AvgIpc) is 2.17. The fourth-order valence-corrected chi connectivity index (χ4v) is 1.15. The molecule has 0 bridgehead atoms. The Bertz CT molecular complexity index is 137. The van der Waals surface area contributed by atoms with Crippen molar-refractivity contribution in [3.8, 4) is 0 Å². The van der Waals surface area contributed by atoms with E-state index in [9.17, 15) is 4.79 Å². The molecule has 1 heterocycles. The predicted molar refractivity (Wildman–Crippen MR) is 38.8 cm³/mol. The normalized spacial score (nSPS) is 25.0. The predicted octanol–water partition coefficient (Wildman–Crippen LogP) is 0.250. The lowest BCUT2D eigenvalue weighted by atomic mass is 10.6. The highest BCUT2D eigenvalue weighted by atomic mass is 79.9. The lowest BCUT2D eigenvalue weighted by Gasteiger charge is -2.08. The fourth-order valence-electron chi connectivity index (χ4n) is 0.672. The molecule has 0 aromatic rings. The summed E-state index contributed by atoms with van der Waals surface area (Å²) < 4.78 is 0. The molecular weight excluding hydrogens is 184 g/mol. The minimum atomic E-state index is 0.178. The first-order valence-electron chi connectivity index (χ1n) is 2.68. The summed E-state index contributed by atoms with van der Waals surface area (Å²) in [4.78, 5) is 16.0. The van der Waals surface area contributed by atoms with Crippen LogP contribution < -0.4 is 0 Å². The maximum Gasteiger partial charge on any atom is 0.139 e. The second kappa shape index (κ2) is 2.96. The van der Waals surface area contributed by atoms with Crippen molar-refractivity contribution in [1.29, 1.82) is 0 Å². The molecule has 1 atom stereocenters. The summed E-state index contributed by atoms with van der Waals surface area (Å²) >= 11 is 3.29. The molecule has 3 nitrogen and oxygen atoms in total. The number of aldehydes is 1. The number of hydrogen-bond donors (Lipinski definition) is 0. The Kier molecular flexibility index (Phi) is 2.22. The Morgan fingerprint density at radius 1 is 2.00 bits per heavy atom. The van der Waals surface area contributed by atoms with Crippen molar-refractivity contribution in [2.45, 2.75) is 4.95 Å². The Morgan fingerprint density at radius 2 is 2.78 bits per heavy atom. The number of halogens is 1. The van der Waals surface area contributed by atoms with Gasteiger partial charge in [0.2, 0.25) is 0 Å². The maximum absolute atomic E-state index is 9.95. The molecule has 1 rings (SSSR count). The number of carbonyl (C=O) groups excluding carboxylic acids is 1. The zero-order valence-corrected chi connectivity index (χ0v) is 6.41. The Balaban J connectivity index is 2.31. The molecule has 0 aromatic heterocycles. The van der Waals surface area contributed by atoms with Crippen LogP contribution in [0.4, 0.5) is 0 Å². The van der Waals surface area contributed by atoms with E-state index in [0.29, 0.717) is 6.54 Å². The molecule has 9 heavy (non-hydrogen) atoms. The van der Waals surface area contributed by atoms with E-state index >= 15 is 0 Å². The van der Waals surface area contributed by atoms with Crippen LogP contribution in [0.15, 0.2) is 4.99 Å². The SMILES string of the molecule is O=CCN1C=NC(Br)C1. The number of hydrogen-bond acceptors (Lipinski definition) is 3. The Morgan fingerprint density at radius 3 is 3.22 bits per heavy atom. The number of aliphatic imine (C=N–C) groups is 1. The van der Waals surface area contributed by atoms with Crippen LogP contribution in [-0.2, 0) is 4.79 Å². The maximum atomic E-state index is 9.95. The van der Waals surface area contributed by atoms with Gasteiger partial charge in [0.05, 0.1) is 19.4 Å². The van der Waals surface area contributed by atoms with Gasteiger partial charge in [0.15, 0.2) is 0 Å². The molecule has 0 N–H and O–H groups in total. The van der Waals surface area contributed by atoms with Gasteiger partial charge < -0.3 is 9.69 Å². The molecule has 4 heteroatoms. The minimum absolute atomic E-state index is 0.178. The average molecular weight is 191 g/mol. The van der Waals surface area contributed by atoms with Gasteiger partial charge >= 0.3 is 0 Å². The lowest BCUT2D eigenvalue weighted by Crippen LogP contribution is -2.23. The van der Waals surface area contributed by atoms with Gasteiger partial charge in [-0.15, -0.1) is 0 Å². The molecule has 1 aliphatic heterocycles. The molecule has 0 fully saturated rings. The molecule has 0 amide bonds. The van der Waals surface area contributed by atoms with Crippen molar-refractivity contribution in [3.05, 3.63) is 0 Å². The first kappa shape index (κ1) is 6.74. The lowest BCUT2D eigenvalue weighted by molar-refractivity contribution is -0.108. The van der Waals surface area contributed by atoms with Crippen LogP contribution in [0.1, 0.15) is 0 Å². The Labute approximate surface area is 61.9 Å². The van der Waals surface area contributed by atoms with Gasteiger partial charge in [-0.25, -0.2) is 0 Å². The van der Waals surface area contributed by atoms with E-state index in [1.54, 1.807) is 6.34 Å². The van der Waals surface area contributed by atoms with Crippen LogP contribution in [0.5, 0.6) is 0 Å². The molecule has 0 aromatic carbocycles. The zero-order valence-electron chi connectivity index (χ0n) is 4.83. The summed E-state index contributed by atoms with van der Waals surface area (Å²) in [5, 5.41) is 0. The van der Waals surface area contributed by atoms with Crippen molar-refractivity contribution >= 4 is 28.6 Å². The van der Waals surface area contributed by atoms with Crippen molar-refractivity contribution in [2.24, 2.45) is 4.99 Å². The molecule has 1 unspecified atom stereocenters. The van der Waals surface area contributed by atoms with E-state index in [2.05, 4.69) is 20.9 Å². The van der Waals surface area contributed by atoms with E-state index in [1.807, 2.05) is 4.90 Å². The summed E-state index contributed by atoms with van der Waals surface area (Å²) in [6.45, 7) is 1.25. The van der Waals surface area contributed by atoms with Gasteiger partial charge in [0.1, 0.15) is 11.2 Å². The third-order valence-electron chi connectivity index (χ3n) is 1.09. The molecule has 0 aliphatic carbocycles.